The van der Waals surface area contributed by atoms with Crippen LogP contribution in [0.1, 0.15) is 69.4 Å². The van der Waals surface area contributed by atoms with Crippen LogP contribution >= 0.6 is 0 Å². The van der Waals surface area contributed by atoms with E-state index in [1.807, 2.05) is 0 Å². The highest BCUT2D eigenvalue weighted by atomic mass is 14.9. The highest BCUT2D eigenvalue weighted by molar-refractivity contribution is 5.33. The predicted molar refractivity (Wildman–Crippen MR) is 81.3 cm³/mol. The van der Waals surface area contributed by atoms with Gasteiger partial charge in [0.05, 0.1) is 0 Å². The minimum absolute atomic E-state index is 0.574. The van der Waals surface area contributed by atoms with Gasteiger partial charge in [-0.1, -0.05) is 38.1 Å². The molecule has 0 saturated heterocycles. The molecule has 0 atom stereocenters. The number of benzene rings is 1. The van der Waals surface area contributed by atoms with E-state index in [2.05, 4.69) is 43.4 Å². The van der Waals surface area contributed by atoms with Crippen molar-refractivity contribution in [2.75, 3.05) is 0 Å². The van der Waals surface area contributed by atoms with Crippen molar-refractivity contribution < 1.29 is 0 Å². The highest BCUT2D eigenvalue weighted by Crippen LogP contribution is 2.41. The normalized spacial score (nSPS) is 23.5. The number of hydrogen-bond donors (Lipinski definition) is 1. The maximum atomic E-state index is 3.80. The van der Waals surface area contributed by atoms with Gasteiger partial charge in [-0.3, -0.25) is 0 Å². The molecule has 2 aliphatic rings. The molecule has 104 valence electrons. The van der Waals surface area contributed by atoms with Crippen LogP contribution in [-0.2, 0) is 6.54 Å². The van der Waals surface area contributed by atoms with E-state index in [1.54, 1.807) is 5.56 Å². The smallest absolute Gasteiger partial charge is 0.0210 e. The topological polar surface area (TPSA) is 12.0 Å². The van der Waals surface area contributed by atoms with Crippen molar-refractivity contribution in [3.05, 3.63) is 35.4 Å². The van der Waals surface area contributed by atoms with Crippen LogP contribution in [0.4, 0.5) is 0 Å². The van der Waals surface area contributed by atoms with E-state index in [1.165, 1.54) is 44.1 Å². The summed E-state index contributed by atoms with van der Waals surface area (Å²) in [5.74, 6) is 0.864. The van der Waals surface area contributed by atoms with Gasteiger partial charge < -0.3 is 5.32 Å². The van der Waals surface area contributed by atoms with Crippen molar-refractivity contribution in [3.8, 4) is 0 Å². The Morgan fingerprint density at radius 3 is 2.42 bits per heavy atom. The van der Waals surface area contributed by atoms with Gasteiger partial charge in [-0.05, 0) is 61.0 Å². The standard InChI is InChI=1S/C18H27N/c1-18(2)11-9-16(10-12-18)19-13-15-5-3-4-6-17(15)14-7-8-14/h3-6,14,16,19H,7-13H2,1-2H3. The molecule has 0 bridgehead atoms. The van der Waals surface area contributed by atoms with Gasteiger partial charge in [0, 0.05) is 12.6 Å². The minimum Gasteiger partial charge on any atom is -0.310 e. The van der Waals surface area contributed by atoms with Crippen LogP contribution in [0, 0.1) is 5.41 Å². The lowest BCUT2D eigenvalue weighted by Gasteiger charge is -2.34. The third-order valence-electron chi connectivity index (χ3n) is 4.99. The molecule has 1 nitrogen and oxygen atoms in total. The average molecular weight is 257 g/mol. The molecular formula is C18H27N. The fourth-order valence-electron chi connectivity index (χ4n) is 3.35. The number of nitrogens with one attached hydrogen (secondary N) is 1. The second kappa shape index (κ2) is 5.28. The summed E-state index contributed by atoms with van der Waals surface area (Å²) in [6, 6.07) is 9.76. The van der Waals surface area contributed by atoms with Gasteiger partial charge in [0.1, 0.15) is 0 Å². The molecule has 1 aromatic rings. The lowest BCUT2D eigenvalue weighted by molar-refractivity contribution is 0.206. The average Bonchev–Trinajstić information content (AvgIpc) is 3.22. The van der Waals surface area contributed by atoms with Crippen molar-refractivity contribution in [1.29, 1.82) is 0 Å². The van der Waals surface area contributed by atoms with Crippen molar-refractivity contribution >= 4 is 0 Å². The van der Waals surface area contributed by atoms with Crippen LogP contribution in [0.15, 0.2) is 24.3 Å². The Bertz CT molecular complexity index is 421. The Labute approximate surface area is 117 Å². The van der Waals surface area contributed by atoms with E-state index in [4.69, 9.17) is 0 Å². The van der Waals surface area contributed by atoms with Crippen LogP contribution in [-0.4, -0.2) is 6.04 Å². The second-order valence-corrected chi connectivity index (χ2v) is 7.29. The number of rotatable bonds is 4. The molecule has 0 radical (unpaired) electrons. The molecule has 2 fully saturated rings. The zero-order chi connectivity index (χ0) is 13.3. The molecule has 19 heavy (non-hydrogen) atoms. The first-order chi connectivity index (χ1) is 9.14. The molecule has 0 aromatic heterocycles. The summed E-state index contributed by atoms with van der Waals surface area (Å²) in [6.45, 7) is 5.88. The molecule has 2 aliphatic carbocycles. The molecule has 0 spiro atoms. The van der Waals surface area contributed by atoms with E-state index >= 15 is 0 Å². The van der Waals surface area contributed by atoms with E-state index < -0.39 is 0 Å². The first-order valence-corrected chi connectivity index (χ1v) is 7.95. The first kappa shape index (κ1) is 13.2. The largest absolute Gasteiger partial charge is 0.310 e. The maximum Gasteiger partial charge on any atom is 0.0210 e. The first-order valence-electron chi connectivity index (χ1n) is 7.95. The van der Waals surface area contributed by atoms with Gasteiger partial charge in [-0.25, -0.2) is 0 Å². The zero-order valence-corrected chi connectivity index (χ0v) is 12.4. The van der Waals surface area contributed by atoms with Crippen LogP contribution in [0.3, 0.4) is 0 Å². The van der Waals surface area contributed by atoms with Gasteiger partial charge >= 0.3 is 0 Å². The van der Waals surface area contributed by atoms with Crippen molar-refractivity contribution in [3.63, 3.8) is 0 Å². The summed E-state index contributed by atoms with van der Waals surface area (Å²) in [5.41, 5.74) is 3.71. The van der Waals surface area contributed by atoms with Crippen LogP contribution in [0.5, 0.6) is 0 Å². The van der Waals surface area contributed by atoms with E-state index in [9.17, 15) is 0 Å². The fourth-order valence-corrected chi connectivity index (χ4v) is 3.35. The van der Waals surface area contributed by atoms with E-state index in [-0.39, 0.29) is 0 Å². The lowest BCUT2D eigenvalue weighted by atomic mass is 9.75. The quantitative estimate of drug-likeness (QED) is 0.829. The Morgan fingerprint density at radius 1 is 1.05 bits per heavy atom. The van der Waals surface area contributed by atoms with Crippen molar-refractivity contribution in [2.45, 2.75) is 70.9 Å². The third kappa shape index (κ3) is 3.39. The van der Waals surface area contributed by atoms with Crippen molar-refractivity contribution in [2.24, 2.45) is 5.41 Å². The Balaban J connectivity index is 1.55. The lowest BCUT2D eigenvalue weighted by Crippen LogP contribution is -2.35. The molecule has 1 aromatic carbocycles. The summed E-state index contributed by atoms with van der Waals surface area (Å²) >= 11 is 0. The van der Waals surface area contributed by atoms with E-state index in [0.29, 0.717) is 5.41 Å². The van der Waals surface area contributed by atoms with Crippen LogP contribution in [0.2, 0.25) is 0 Å². The zero-order valence-electron chi connectivity index (χ0n) is 12.4. The van der Waals surface area contributed by atoms with Crippen LogP contribution in [0.25, 0.3) is 0 Å². The monoisotopic (exact) mass is 257 g/mol. The summed E-state index contributed by atoms with van der Waals surface area (Å²) in [4.78, 5) is 0. The minimum atomic E-state index is 0.574. The molecular weight excluding hydrogens is 230 g/mol. The molecule has 1 heteroatoms. The molecule has 1 N–H and O–H groups in total. The van der Waals surface area contributed by atoms with Crippen LogP contribution < -0.4 is 5.32 Å². The second-order valence-electron chi connectivity index (χ2n) is 7.29. The van der Waals surface area contributed by atoms with Gasteiger partial charge in [-0.15, -0.1) is 0 Å². The van der Waals surface area contributed by atoms with Crippen molar-refractivity contribution in [1.82, 2.24) is 5.32 Å². The summed E-state index contributed by atoms with van der Waals surface area (Å²) < 4.78 is 0. The van der Waals surface area contributed by atoms with E-state index in [0.717, 1.165) is 18.5 Å². The molecule has 0 unspecified atom stereocenters. The Morgan fingerprint density at radius 2 is 1.74 bits per heavy atom. The molecule has 0 aliphatic heterocycles. The van der Waals surface area contributed by atoms with Gasteiger partial charge in [0.2, 0.25) is 0 Å². The SMILES string of the molecule is CC1(C)CCC(NCc2ccccc2C2CC2)CC1. The molecule has 3 rings (SSSR count). The summed E-state index contributed by atoms with van der Waals surface area (Å²) in [7, 11) is 0. The predicted octanol–water partition coefficient (Wildman–Crippen LogP) is 4.62. The maximum absolute atomic E-state index is 3.80. The van der Waals surface area contributed by atoms with Gasteiger partial charge in [0.15, 0.2) is 0 Å². The molecule has 0 heterocycles. The number of hydrogen-bond acceptors (Lipinski definition) is 1. The van der Waals surface area contributed by atoms with Gasteiger partial charge in [0.25, 0.3) is 0 Å². The summed E-state index contributed by atoms with van der Waals surface area (Å²) in [6.07, 6.45) is 8.23. The Hall–Kier alpha value is -0.820. The fraction of sp³-hybridized carbons (Fsp3) is 0.667. The third-order valence-corrected chi connectivity index (χ3v) is 4.99. The Kier molecular flexibility index (Phi) is 3.66. The van der Waals surface area contributed by atoms with Gasteiger partial charge in [-0.2, -0.15) is 0 Å². The molecule has 0 amide bonds. The highest BCUT2D eigenvalue weighted by Gasteiger charge is 2.28. The summed E-state index contributed by atoms with van der Waals surface area (Å²) in [5, 5.41) is 3.80. The molecule has 2 saturated carbocycles.